The van der Waals surface area contributed by atoms with E-state index in [4.69, 9.17) is 10.1 Å². The number of para-hydroxylation sites is 1. The highest BCUT2D eigenvalue weighted by molar-refractivity contribution is 6.46. The van der Waals surface area contributed by atoms with Gasteiger partial charge in [-0.15, -0.1) is 0 Å². The van der Waals surface area contributed by atoms with Crippen LogP contribution in [-0.2, 0) is 27.1 Å². The average Bonchev–Trinajstić information content (AvgIpc) is 3.04. The molecule has 3 rings (SSSR count). The predicted molar refractivity (Wildman–Crippen MR) is 190 cm³/mol. The zero-order chi connectivity index (χ0) is 34.1. The van der Waals surface area contributed by atoms with Crippen LogP contribution in [0.2, 0.25) is 20.0 Å². The number of carbonyl (C=O) groups is 2. The number of amides is 1. The third-order valence-corrected chi connectivity index (χ3v) is 8.29. The third kappa shape index (κ3) is 14.0. The standard InChI is InChI=1S/C33H48B3N6O5/c1-35(45)39-18-21-42(3,20-17-34-47-25-37)19-9-14-31(41-36(2)46)33(44)40-30(16-15-26-10-5-4-6-11-26)32(43)23-27-22-28-12-7-8-13-29(28)38-24-27/h4-8,10-13,22,24-25,30-31,37,39,41,45-46H,9,14-21,23H2,1-3H3/p+1/t30-,31-,42?/m0/s1. The summed E-state index contributed by atoms with van der Waals surface area (Å²) in [6.07, 6.45) is 5.56. The van der Waals surface area contributed by atoms with Crippen LogP contribution in [0.25, 0.3) is 10.9 Å². The van der Waals surface area contributed by atoms with Crippen LogP contribution in [0.3, 0.4) is 0 Å². The molecule has 6 N–H and O–H groups in total. The topological polar surface area (TPSA) is 157 Å². The van der Waals surface area contributed by atoms with E-state index in [0.717, 1.165) is 48.1 Å². The van der Waals surface area contributed by atoms with E-state index >= 15 is 0 Å². The maximum atomic E-state index is 13.7. The van der Waals surface area contributed by atoms with Crippen LogP contribution in [0.4, 0.5) is 0 Å². The molecular formula is C33H49B3N6O5+. The number of Topliss-reactive ketones (excluding diaryl/α,β-unsaturated/α-hetero) is 1. The van der Waals surface area contributed by atoms with Gasteiger partial charge in [0, 0.05) is 30.9 Å². The fourth-order valence-electron chi connectivity index (χ4n) is 5.70. The Bertz CT molecular complexity index is 1400. The van der Waals surface area contributed by atoms with E-state index in [0.29, 0.717) is 43.0 Å². The summed E-state index contributed by atoms with van der Waals surface area (Å²) >= 11 is 0. The number of benzene rings is 2. The van der Waals surface area contributed by atoms with Gasteiger partial charge in [-0.05, 0) is 62.6 Å². The second kappa shape index (κ2) is 20.0. The molecule has 1 aromatic heterocycles. The minimum absolute atomic E-state index is 0.0968. The highest BCUT2D eigenvalue weighted by Gasteiger charge is 2.29. The highest BCUT2D eigenvalue weighted by Crippen LogP contribution is 2.16. The molecular weight excluding hydrogens is 593 g/mol. The van der Waals surface area contributed by atoms with Crippen molar-refractivity contribution in [3.05, 3.63) is 78.0 Å². The molecule has 0 saturated carbocycles. The summed E-state index contributed by atoms with van der Waals surface area (Å²) in [6, 6.07) is 18.2. The van der Waals surface area contributed by atoms with Crippen LogP contribution in [-0.4, -0.2) is 104 Å². The van der Waals surface area contributed by atoms with Crippen molar-refractivity contribution in [2.24, 2.45) is 0 Å². The number of carbonyl (C=O) groups excluding carboxylic acids is 2. The molecule has 0 spiro atoms. The molecule has 0 bridgehead atoms. The molecule has 0 aliphatic carbocycles. The van der Waals surface area contributed by atoms with Gasteiger partial charge in [0.1, 0.15) is 6.40 Å². The monoisotopic (exact) mass is 642 g/mol. The van der Waals surface area contributed by atoms with Crippen molar-refractivity contribution in [2.75, 3.05) is 33.2 Å². The molecule has 0 fully saturated rings. The van der Waals surface area contributed by atoms with Crippen molar-refractivity contribution in [3.8, 4) is 0 Å². The number of hydrogen-bond donors (Lipinski definition) is 6. The molecule has 47 heavy (non-hydrogen) atoms. The molecule has 3 aromatic rings. The fourth-order valence-corrected chi connectivity index (χ4v) is 5.70. The molecule has 1 heterocycles. The van der Waals surface area contributed by atoms with Crippen molar-refractivity contribution in [3.63, 3.8) is 0 Å². The van der Waals surface area contributed by atoms with Gasteiger partial charge < -0.3 is 35.0 Å². The van der Waals surface area contributed by atoms with Crippen LogP contribution < -0.4 is 15.8 Å². The lowest BCUT2D eigenvalue weighted by molar-refractivity contribution is -0.906. The number of aromatic nitrogens is 1. The van der Waals surface area contributed by atoms with Crippen LogP contribution in [0.1, 0.15) is 30.4 Å². The summed E-state index contributed by atoms with van der Waals surface area (Å²) in [5.41, 5.74) is 2.73. The van der Waals surface area contributed by atoms with E-state index in [-0.39, 0.29) is 18.1 Å². The van der Waals surface area contributed by atoms with Gasteiger partial charge in [0.25, 0.3) is 0 Å². The first-order chi connectivity index (χ1) is 22.6. The van der Waals surface area contributed by atoms with E-state index in [2.05, 4.69) is 27.8 Å². The first-order valence-electron chi connectivity index (χ1n) is 16.4. The number of ketones is 1. The molecule has 2 aromatic carbocycles. The van der Waals surface area contributed by atoms with Gasteiger partial charge in [-0.3, -0.25) is 20.0 Å². The van der Waals surface area contributed by atoms with Gasteiger partial charge in [0.15, 0.2) is 5.78 Å². The molecule has 249 valence electrons. The molecule has 1 amide bonds. The minimum Gasteiger partial charge on any atom is -0.556 e. The van der Waals surface area contributed by atoms with Crippen molar-refractivity contribution in [1.29, 1.82) is 5.41 Å². The van der Waals surface area contributed by atoms with Crippen molar-refractivity contribution >= 4 is 50.6 Å². The number of quaternary nitrogens is 1. The lowest BCUT2D eigenvalue weighted by Crippen LogP contribution is -2.54. The summed E-state index contributed by atoms with van der Waals surface area (Å²) in [7, 11) is 2.17. The third-order valence-electron chi connectivity index (χ3n) is 8.29. The van der Waals surface area contributed by atoms with Crippen LogP contribution >= 0.6 is 0 Å². The quantitative estimate of drug-likeness (QED) is 0.0302. The van der Waals surface area contributed by atoms with Gasteiger partial charge in [-0.2, -0.15) is 0 Å². The molecule has 0 saturated heterocycles. The highest BCUT2D eigenvalue weighted by atomic mass is 16.4. The summed E-state index contributed by atoms with van der Waals surface area (Å²) in [4.78, 5) is 32.0. The molecule has 3 atom stereocenters. The molecule has 11 nitrogen and oxygen atoms in total. The number of nitrogens with zero attached hydrogens (tertiary/aromatic N) is 2. The number of rotatable bonds is 23. The number of pyridine rings is 1. The zero-order valence-electron chi connectivity index (χ0n) is 27.9. The van der Waals surface area contributed by atoms with E-state index < -0.39 is 26.2 Å². The van der Waals surface area contributed by atoms with Crippen LogP contribution in [0.5, 0.6) is 0 Å². The normalized spacial score (nSPS) is 13.6. The number of likely N-dealkylation sites (N-methyl/N-ethyl adjacent to an activating group) is 1. The first kappa shape index (κ1) is 37.9. The smallest absolute Gasteiger partial charge is 0.376 e. The molecule has 1 radical (unpaired) electrons. The van der Waals surface area contributed by atoms with Crippen LogP contribution in [0.15, 0.2) is 66.9 Å². The van der Waals surface area contributed by atoms with Crippen molar-refractivity contribution < 1.29 is 28.8 Å². The fraction of sp³-hybridized carbons (Fsp3) is 0.455. The molecule has 0 aliphatic heterocycles. The number of fused-ring (bicyclic) bond motifs is 1. The Balaban J connectivity index is 1.70. The summed E-state index contributed by atoms with van der Waals surface area (Å²) in [6.45, 7) is 6.08. The molecule has 1 unspecified atom stereocenters. The summed E-state index contributed by atoms with van der Waals surface area (Å²) in [5, 5.41) is 36.9. The Morgan fingerprint density at radius 2 is 1.74 bits per heavy atom. The SMILES string of the molecule is CB(O)NCC[N+](C)(CC[B]OC=N)CCC[C@H](NB(C)O)C(=O)N[C@@H](CCc1ccccc1)C(=O)Cc1cnc2ccccc2c1. The maximum Gasteiger partial charge on any atom is 0.376 e. The van der Waals surface area contributed by atoms with E-state index in [9.17, 15) is 19.6 Å². The summed E-state index contributed by atoms with van der Waals surface area (Å²) < 4.78 is 5.63. The first-order valence-corrected chi connectivity index (χ1v) is 16.4. The molecule has 14 heteroatoms. The predicted octanol–water partition coefficient (Wildman–Crippen LogP) is 2.12. The number of aryl methyl sites for hydroxylation is 1. The van der Waals surface area contributed by atoms with Gasteiger partial charge in [0.2, 0.25) is 5.91 Å². The van der Waals surface area contributed by atoms with Gasteiger partial charge in [-0.1, -0.05) is 48.5 Å². The van der Waals surface area contributed by atoms with E-state index in [1.165, 1.54) is 0 Å². The van der Waals surface area contributed by atoms with Gasteiger partial charge in [-0.25, -0.2) is 0 Å². The zero-order valence-corrected chi connectivity index (χ0v) is 27.9. The van der Waals surface area contributed by atoms with Crippen molar-refractivity contribution in [2.45, 2.75) is 64.2 Å². The largest absolute Gasteiger partial charge is 0.556 e. The van der Waals surface area contributed by atoms with Gasteiger partial charge in [0.05, 0.1) is 44.3 Å². The Morgan fingerprint density at radius 1 is 1.00 bits per heavy atom. The van der Waals surface area contributed by atoms with E-state index in [1.54, 1.807) is 27.3 Å². The Kier molecular flexibility index (Phi) is 16.1. The maximum absolute atomic E-state index is 13.7. The molecule has 0 aliphatic rings. The number of nitrogens with one attached hydrogen (secondary N) is 4. The lowest BCUT2D eigenvalue weighted by atomic mass is 9.86. The van der Waals surface area contributed by atoms with Gasteiger partial charge >= 0.3 is 21.6 Å². The lowest BCUT2D eigenvalue weighted by Gasteiger charge is -2.35. The Morgan fingerprint density at radius 3 is 2.47 bits per heavy atom. The Labute approximate surface area is 280 Å². The number of hydrogen-bond acceptors (Lipinski definition) is 9. The second-order valence-corrected chi connectivity index (χ2v) is 12.4. The van der Waals surface area contributed by atoms with E-state index in [1.807, 2.05) is 60.7 Å². The Hall–Kier alpha value is -3.55. The second-order valence-electron chi connectivity index (χ2n) is 12.4. The van der Waals surface area contributed by atoms with Crippen molar-refractivity contribution in [1.82, 2.24) is 20.8 Å². The van der Waals surface area contributed by atoms with Crippen LogP contribution in [0, 0.1) is 5.41 Å². The summed E-state index contributed by atoms with van der Waals surface area (Å²) in [5.74, 6) is -0.424. The minimum atomic E-state index is -0.920. The average molecular weight is 642 g/mol.